The van der Waals surface area contributed by atoms with Gasteiger partial charge in [-0.25, -0.2) is 0 Å². The fraction of sp³-hybridized carbons (Fsp3) is 0.851. The van der Waals surface area contributed by atoms with Crippen molar-refractivity contribution in [3.05, 3.63) is 47.5 Å². The summed E-state index contributed by atoms with van der Waals surface area (Å²) in [6.45, 7) is 37.7. The van der Waals surface area contributed by atoms with Crippen LogP contribution >= 0.6 is 0 Å². The molecule has 0 amide bonds. The van der Waals surface area contributed by atoms with E-state index in [1.165, 1.54) is 17.4 Å². The maximum Gasteiger partial charge on any atom is 0.312 e. The molecule has 3 saturated heterocycles. The lowest BCUT2D eigenvalue weighted by molar-refractivity contribution is -0.380. The van der Waals surface area contributed by atoms with Gasteiger partial charge in [-0.2, -0.15) is 0 Å². The van der Waals surface area contributed by atoms with Crippen LogP contribution in [0.5, 0.6) is 0 Å². The van der Waals surface area contributed by atoms with Crippen LogP contribution in [-0.2, 0) is 53.6 Å². The van der Waals surface area contributed by atoms with Crippen LogP contribution < -0.4 is 0 Å². The number of hydrogen-bond donors (Lipinski definition) is 1. The first kappa shape index (κ1) is 61.6. The molecule has 0 aromatic heterocycles. The molecule has 9 unspecified atom stereocenters. The molecule has 1 aromatic carbocycles. The quantitative estimate of drug-likeness (QED) is 0.0693. The van der Waals surface area contributed by atoms with E-state index in [0.29, 0.717) is 44.1 Å². The Bertz CT molecular complexity index is 2300. The maximum atomic E-state index is 14.5. The number of ether oxygens (including phenoxy) is 7. The lowest BCUT2D eigenvalue weighted by Gasteiger charge is -2.71. The van der Waals surface area contributed by atoms with Crippen molar-refractivity contribution in [2.24, 2.45) is 85.8 Å². The number of hydrogen-bond acceptors (Lipinski definition) is 10. The van der Waals surface area contributed by atoms with Gasteiger partial charge in [-0.3, -0.25) is 4.79 Å². The van der Waals surface area contributed by atoms with Gasteiger partial charge in [-0.15, -0.1) is 0 Å². The summed E-state index contributed by atoms with van der Waals surface area (Å²) < 4.78 is 58.2. The van der Waals surface area contributed by atoms with E-state index in [0.717, 1.165) is 63.1 Å². The third-order valence-electron chi connectivity index (χ3n) is 25.3. The molecule has 4 saturated carbocycles. The second kappa shape index (κ2) is 23.1. The van der Waals surface area contributed by atoms with Crippen molar-refractivity contribution in [3.63, 3.8) is 0 Å². The van der Waals surface area contributed by atoms with E-state index in [4.69, 9.17) is 37.6 Å². The van der Waals surface area contributed by atoms with Crippen LogP contribution in [0.1, 0.15) is 181 Å². The molecule has 0 spiro atoms. The smallest absolute Gasteiger partial charge is 0.312 e. The monoisotopic (exact) mass is 1120 g/mol. The van der Waals surface area contributed by atoms with Gasteiger partial charge in [-0.1, -0.05) is 153 Å². The van der Waals surface area contributed by atoms with Gasteiger partial charge in [0.1, 0.15) is 17.8 Å². The molecule has 1 aromatic rings. The van der Waals surface area contributed by atoms with E-state index in [2.05, 4.69) is 147 Å². The molecule has 9 rings (SSSR count). The van der Waals surface area contributed by atoms with Crippen LogP contribution in [0.25, 0.3) is 0 Å². The van der Waals surface area contributed by atoms with Gasteiger partial charge < -0.3 is 47.5 Å². The Morgan fingerprint density at radius 1 is 0.709 bits per heavy atom. The first-order valence-corrected chi connectivity index (χ1v) is 34.4. The Kier molecular flexibility index (Phi) is 18.0. The second-order valence-corrected chi connectivity index (χ2v) is 34.0. The number of carbonyl (C=O) groups is 2. The maximum absolute atomic E-state index is 14.5. The third kappa shape index (κ3) is 10.3. The van der Waals surface area contributed by atoms with Gasteiger partial charge in [0.15, 0.2) is 27.2 Å². The van der Waals surface area contributed by atoms with Crippen LogP contribution in [-0.4, -0.2) is 101 Å². The van der Waals surface area contributed by atoms with Crippen molar-refractivity contribution in [1.29, 1.82) is 0 Å². The summed E-state index contributed by atoms with van der Waals surface area (Å²) in [4.78, 5) is 28.2. The van der Waals surface area contributed by atoms with Crippen LogP contribution in [0.2, 0.25) is 18.1 Å². The minimum absolute atomic E-state index is 0.0257. The largest absolute Gasteiger partial charge is 0.481 e. The number of rotatable bonds is 17. The zero-order chi connectivity index (χ0) is 57.4. The molecule has 24 atom stereocenters. The molecular formula is C67H108O11Si. The van der Waals surface area contributed by atoms with E-state index < -0.39 is 62.3 Å². The fourth-order valence-corrected chi connectivity index (χ4v) is 21.8. The molecule has 79 heavy (non-hydrogen) atoms. The van der Waals surface area contributed by atoms with E-state index >= 15 is 0 Å². The zero-order valence-electron chi connectivity index (χ0n) is 52.1. The highest BCUT2D eigenvalue weighted by molar-refractivity contribution is 6.73. The van der Waals surface area contributed by atoms with E-state index in [1.54, 1.807) is 7.11 Å². The minimum atomic E-state index is -2.16. The van der Waals surface area contributed by atoms with Gasteiger partial charge in [0, 0.05) is 18.9 Å². The van der Waals surface area contributed by atoms with E-state index in [9.17, 15) is 14.7 Å². The lowest BCUT2D eigenvalue weighted by atomic mass is 9.33. The first-order valence-electron chi connectivity index (χ1n) is 31.8. The molecule has 3 aliphatic heterocycles. The average Bonchev–Trinajstić information content (AvgIpc) is 3.62. The Morgan fingerprint density at radius 3 is 2.00 bits per heavy atom. The molecule has 0 radical (unpaired) electrons. The van der Waals surface area contributed by atoms with Crippen molar-refractivity contribution in [1.82, 2.24) is 0 Å². The van der Waals surface area contributed by atoms with Crippen LogP contribution in [0, 0.1) is 85.8 Å². The summed E-state index contributed by atoms with van der Waals surface area (Å²) in [6, 6.07) is 13.6. The van der Waals surface area contributed by atoms with Crippen molar-refractivity contribution in [2.75, 3.05) is 13.7 Å². The Balaban J connectivity index is 1.10. The lowest BCUT2D eigenvalue weighted by Crippen LogP contribution is -2.68. The highest BCUT2D eigenvalue weighted by atomic mass is 28.4. The molecule has 8 aliphatic rings. The molecule has 5 aliphatic carbocycles. The van der Waals surface area contributed by atoms with Crippen molar-refractivity contribution < 1.29 is 52.3 Å². The Labute approximate surface area is 478 Å². The first-order chi connectivity index (χ1) is 37.3. The number of carboxylic acids is 1. The van der Waals surface area contributed by atoms with Crippen molar-refractivity contribution >= 4 is 20.6 Å². The molecule has 11 nitrogen and oxygen atoms in total. The van der Waals surface area contributed by atoms with Gasteiger partial charge in [0.25, 0.3) is 0 Å². The summed E-state index contributed by atoms with van der Waals surface area (Å²) in [5, 5.41) is 11.2. The number of aliphatic carboxylic acids is 1. The number of benzene rings is 1. The highest BCUT2D eigenvalue weighted by Gasteiger charge is 2.72. The third-order valence-corrected chi connectivity index (χ3v) is 30.0. The van der Waals surface area contributed by atoms with Crippen molar-refractivity contribution in [3.8, 4) is 0 Å². The molecule has 446 valence electrons. The molecule has 12 heteroatoms. The molecule has 3 heterocycles. The normalized spacial score (nSPS) is 47.9. The molecular weight excluding hydrogens is 1010 g/mol. The summed E-state index contributed by atoms with van der Waals surface area (Å²) >= 11 is 0. The standard InChI is InChI=1S/C67H108O11Si/c1-18-49-42(7)43(8)56(78-79(19-2,20-3)21-4)59(73-49)77-57-55(76-58-44(9)41(6)40(5)38-72-58)45(10)50(35-46-25-23-22-24-26-46)74-60(57)75-53-30-31-63(13)51(64(53,14)39-68)29-32-65(15)52(63)28-27-47-48-36-62(11,12)33-34-67(48,61(69)70)54(71-17)37-66(47,65)16/h22-27,39-45,48-60H,18-21,28-38H2,1-17H3,(H,69,70)/t40-,41+,42-,43+,44?,45-,48?,49?,50?,51-,52?,53+,54?,55+,56?,57+,58+,59+,60?,63?,64-,65+,66-,67-/m1/s1. The summed E-state index contributed by atoms with van der Waals surface area (Å²) in [7, 11) is -0.423. The Hall–Kier alpha value is -2.00. The molecule has 0 bridgehead atoms. The Morgan fingerprint density at radius 2 is 1.37 bits per heavy atom. The number of methoxy groups -OCH3 is 1. The summed E-state index contributed by atoms with van der Waals surface area (Å²) in [6.07, 6.45) is 7.67. The SMILES string of the molecule is CCC1O[C@@H](O[C@@H]2C(O[C@H]3CCC4(C)C5CC=C6C7CC(C)(C)CC[C@]7(C(=O)O)C(OC)C[C@@]6(C)[C@@]5(C)CC[C@H]4[C@@]3(C)C=O)OC(Cc3ccccc3)[C@@H](C)[C@@H]2O[C@@H]2OC[C@@H](C)[C@H](C)C2C)C(O[Si](CC)(CC)CC)[C@@H](C)[C@H]1C. The van der Waals surface area contributed by atoms with E-state index in [-0.39, 0.29) is 87.5 Å². The summed E-state index contributed by atoms with van der Waals surface area (Å²) in [5.41, 5.74) is 0.133. The molecule has 7 fully saturated rings. The number of carbonyl (C=O) groups excluding carboxylic acids is 1. The minimum Gasteiger partial charge on any atom is -0.481 e. The number of fused-ring (bicyclic) bond motifs is 7. The van der Waals surface area contributed by atoms with Crippen molar-refractivity contribution in [2.45, 2.75) is 261 Å². The van der Waals surface area contributed by atoms with Crippen LogP contribution in [0.4, 0.5) is 0 Å². The fourth-order valence-electron chi connectivity index (χ4n) is 18.9. The average molecular weight is 1120 g/mol. The number of aldehydes is 1. The number of allylic oxidation sites excluding steroid dienone is 2. The number of carboxylic acid groups (broad SMARTS) is 1. The zero-order valence-corrected chi connectivity index (χ0v) is 53.1. The van der Waals surface area contributed by atoms with Crippen LogP contribution in [0.15, 0.2) is 42.0 Å². The molecule has 1 N–H and O–H groups in total. The summed E-state index contributed by atoms with van der Waals surface area (Å²) in [5.74, 6) is 0.691. The van der Waals surface area contributed by atoms with Gasteiger partial charge in [0.05, 0.1) is 48.6 Å². The van der Waals surface area contributed by atoms with Crippen LogP contribution in [0.3, 0.4) is 0 Å². The second-order valence-electron chi connectivity index (χ2n) is 29.3. The highest BCUT2D eigenvalue weighted by Crippen LogP contribution is 2.76. The van der Waals surface area contributed by atoms with E-state index in [1.807, 2.05) is 0 Å². The van der Waals surface area contributed by atoms with Gasteiger partial charge in [0.2, 0.25) is 0 Å². The predicted molar refractivity (Wildman–Crippen MR) is 312 cm³/mol. The van der Waals surface area contributed by atoms with Gasteiger partial charge in [-0.05, 0) is 157 Å². The predicted octanol–water partition coefficient (Wildman–Crippen LogP) is 14.5. The topological polar surface area (TPSA) is 128 Å². The van der Waals surface area contributed by atoms with Gasteiger partial charge >= 0.3 is 5.97 Å².